The van der Waals surface area contributed by atoms with E-state index in [1.165, 1.54) is 12.1 Å². The van der Waals surface area contributed by atoms with E-state index in [-0.39, 0.29) is 22.2 Å². The Hall–Kier alpha value is -2.11. The van der Waals surface area contributed by atoms with Gasteiger partial charge >= 0.3 is 6.18 Å². The average Bonchev–Trinajstić information content (AvgIpc) is 2.88. The Kier molecular flexibility index (Phi) is 2.61. The lowest BCUT2D eigenvalue weighted by atomic mass is 9.91. The van der Waals surface area contributed by atoms with Gasteiger partial charge in [-0.15, -0.1) is 0 Å². The minimum absolute atomic E-state index is 0.0489. The molecule has 0 saturated heterocycles. The second kappa shape index (κ2) is 3.96. The molecular formula is C15H13F3N2O. The molecule has 1 aliphatic heterocycles. The molecular weight excluding hydrogens is 281 g/mol. The van der Waals surface area contributed by atoms with Gasteiger partial charge < -0.3 is 0 Å². The summed E-state index contributed by atoms with van der Waals surface area (Å²) in [7, 11) is 0. The molecule has 6 heteroatoms. The van der Waals surface area contributed by atoms with Gasteiger partial charge in [0.15, 0.2) is 0 Å². The number of rotatable bonds is 0. The van der Waals surface area contributed by atoms with Crippen LogP contribution in [-0.2, 0) is 11.6 Å². The molecule has 21 heavy (non-hydrogen) atoms. The lowest BCUT2D eigenvalue weighted by Gasteiger charge is -2.14. The van der Waals surface area contributed by atoms with E-state index >= 15 is 0 Å². The lowest BCUT2D eigenvalue weighted by molar-refractivity contribution is -0.137. The van der Waals surface area contributed by atoms with Crippen LogP contribution in [0.2, 0.25) is 0 Å². The molecule has 1 aromatic carbocycles. The molecule has 2 aromatic rings. The topological polar surface area (TPSA) is 34.9 Å². The van der Waals surface area contributed by atoms with Gasteiger partial charge in [0.2, 0.25) is 0 Å². The first kappa shape index (κ1) is 13.9. The van der Waals surface area contributed by atoms with E-state index in [4.69, 9.17) is 0 Å². The van der Waals surface area contributed by atoms with Crippen LogP contribution in [0.15, 0.2) is 24.3 Å². The van der Waals surface area contributed by atoms with Crippen LogP contribution in [0.25, 0.3) is 11.3 Å². The van der Waals surface area contributed by atoms with E-state index in [1.807, 2.05) is 20.8 Å². The highest BCUT2D eigenvalue weighted by Gasteiger charge is 2.40. The predicted molar refractivity (Wildman–Crippen MR) is 71.1 cm³/mol. The molecule has 0 aliphatic carbocycles. The maximum atomic E-state index is 13.2. The molecule has 0 bridgehead atoms. The van der Waals surface area contributed by atoms with Gasteiger partial charge in [-0.2, -0.15) is 23.0 Å². The van der Waals surface area contributed by atoms with Crippen molar-refractivity contribution in [2.45, 2.75) is 32.4 Å². The summed E-state index contributed by atoms with van der Waals surface area (Å²) in [6.07, 6.45) is -4.51. The Morgan fingerprint density at radius 2 is 1.81 bits per heavy atom. The minimum atomic E-state index is -4.51. The third-order valence-electron chi connectivity index (χ3n) is 3.53. The van der Waals surface area contributed by atoms with Crippen LogP contribution in [0.5, 0.6) is 0 Å². The number of aromatic nitrogens is 2. The number of hydrogen-bond acceptors (Lipinski definition) is 2. The highest BCUT2D eigenvalue weighted by atomic mass is 19.4. The van der Waals surface area contributed by atoms with Crippen molar-refractivity contribution < 1.29 is 18.0 Å². The van der Waals surface area contributed by atoms with E-state index in [0.29, 0.717) is 5.69 Å². The van der Waals surface area contributed by atoms with Gasteiger partial charge in [0.1, 0.15) is 0 Å². The normalized spacial score (nSPS) is 14.3. The van der Waals surface area contributed by atoms with Gasteiger partial charge in [-0.25, -0.2) is 0 Å². The first-order valence-corrected chi connectivity index (χ1v) is 6.46. The maximum Gasteiger partial charge on any atom is 0.417 e. The Morgan fingerprint density at radius 1 is 1.14 bits per heavy atom. The van der Waals surface area contributed by atoms with Crippen molar-refractivity contribution in [2.24, 2.45) is 0 Å². The molecule has 110 valence electrons. The fraction of sp³-hybridized carbons (Fsp3) is 0.333. The van der Waals surface area contributed by atoms with E-state index in [2.05, 4.69) is 5.10 Å². The number of carbonyl (C=O) groups is 1. The first-order chi connectivity index (χ1) is 9.60. The number of nitrogens with zero attached hydrogens (tertiary/aromatic N) is 2. The van der Waals surface area contributed by atoms with Crippen LogP contribution in [0, 0.1) is 0 Å². The molecule has 0 radical (unpaired) electrons. The molecule has 0 saturated carbocycles. The molecule has 0 unspecified atom stereocenters. The number of carbonyl (C=O) groups excluding carboxylic acids is 1. The van der Waals surface area contributed by atoms with Crippen LogP contribution in [0.4, 0.5) is 13.2 Å². The zero-order chi connectivity index (χ0) is 15.6. The minimum Gasteiger partial charge on any atom is -0.267 e. The average molecular weight is 294 g/mol. The lowest BCUT2D eigenvalue weighted by Crippen LogP contribution is -2.15. The number of halogens is 3. The van der Waals surface area contributed by atoms with Gasteiger partial charge in [0, 0.05) is 11.0 Å². The third kappa shape index (κ3) is 1.97. The Morgan fingerprint density at radius 3 is 2.38 bits per heavy atom. The molecule has 0 amide bonds. The number of hydrogen-bond donors (Lipinski definition) is 0. The fourth-order valence-electron chi connectivity index (χ4n) is 2.44. The SMILES string of the molecule is CC(C)(C)c1cc2n(n1)C(=O)c1cccc(C(F)(F)F)c1-2. The van der Waals surface area contributed by atoms with Crippen LogP contribution < -0.4 is 0 Å². The standard InChI is InChI=1S/C15H13F3N2O/c1-14(2,3)11-7-10-12-8(13(21)20(10)19-11)5-4-6-9(12)15(16,17)18/h4-7H,1-3H3. The molecule has 0 fully saturated rings. The molecule has 1 aromatic heterocycles. The zero-order valence-electron chi connectivity index (χ0n) is 11.7. The Labute approximate surface area is 119 Å². The van der Waals surface area contributed by atoms with Gasteiger partial charge in [-0.3, -0.25) is 4.79 Å². The summed E-state index contributed by atoms with van der Waals surface area (Å²) < 4.78 is 40.6. The summed E-state index contributed by atoms with van der Waals surface area (Å²) in [5.41, 5.74) is -0.357. The summed E-state index contributed by atoms with van der Waals surface area (Å²) in [5, 5.41) is 4.18. The summed E-state index contributed by atoms with van der Waals surface area (Å²) in [6.45, 7) is 5.68. The van der Waals surface area contributed by atoms with Crippen molar-refractivity contribution in [3.8, 4) is 11.3 Å². The van der Waals surface area contributed by atoms with Crippen LogP contribution in [0.3, 0.4) is 0 Å². The van der Waals surface area contributed by atoms with Gasteiger partial charge in [0.05, 0.1) is 22.5 Å². The van der Waals surface area contributed by atoms with Crippen molar-refractivity contribution in [3.63, 3.8) is 0 Å². The Bertz CT molecular complexity index is 751. The second-order valence-corrected chi connectivity index (χ2v) is 6.11. The van der Waals surface area contributed by atoms with Crippen molar-refractivity contribution in [2.75, 3.05) is 0 Å². The van der Waals surface area contributed by atoms with Gasteiger partial charge in [-0.1, -0.05) is 26.8 Å². The van der Waals surface area contributed by atoms with Crippen LogP contribution >= 0.6 is 0 Å². The van der Waals surface area contributed by atoms with Crippen molar-refractivity contribution in [1.82, 2.24) is 9.78 Å². The highest BCUT2D eigenvalue weighted by molar-refractivity contribution is 6.09. The largest absolute Gasteiger partial charge is 0.417 e. The quantitative estimate of drug-likeness (QED) is 0.631. The highest BCUT2D eigenvalue weighted by Crippen LogP contribution is 2.43. The van der Waals surface area contributed by atoms with E-state index in [0.717, 1.165) is 10.7 Å². The monoisotopic (exact) mass is 294 g/mol. The summed E-state index contributed by atoms with van der Waals surface area (Å²) >= 11 is 0. The fourth-order valence-corrected chi connectivity index (χ4v) is 2.44. The number of fused-ring (bicyclic) bond motifs is 3. The molecule has 1 aliphatic rings. The zero-order valence-corrected chi connectivity index (χ0v) is 11.7. The van der Waals surface area contributed by atoms with Crippen molar-refractivity contribution in [3.05, 3.63) is 41.1 Å². The maximum absolute atomic E-state index is 13.2. The molecule has 0 N–H and O–H groups in total. The number of benzene rings is 1. The molecule has 0 spiro atoms. The second-order valence-electron chi connectivity index (χ2n) is 6.11. The molecule has 0 atom stereocenters. The molecule has 3 nitrogen and oxygen atoms in total. The molecule has 3 rings (SSSR count). The van der Waals surface area contributed by atoms with E-state index in [9.17, 15) is 18.0 Å². The Balaban J connectivity index is 2.30. The smallest absolute Gasteiger partial charge is 0.267 e. The third-order valence-corrected chi connectivity index (χ3v) is 3.53. The van der Waals surface area contributed by atoms with Crippen LogP contribution in [-0.4, -0.2) is 15.7 Å². The van der Waals surface area contributed by atoms with Crippen molar-refractivity contribution >= 4 is 5.91 Å². The summed E-state index contributed by atoms with van der Waals surface area (Å²) in [4.78, 5) is 12.2. The van der Waals surface area contributed by atoms with Gasteiger partial charge in [0.25, 0.3) is 5.91 Å². The predicted octanol–water partition coefficient (Wildman–Crippen LogP) is 3.87. The first-order valence-electron chi connectivity index (χ1n) is 6.46. The summed E-state index contributed by atoms with van der Waals surface area (Å²) in [6, 6.07) is 5.21. The van der Waals surface area contributed by atoms with Crippen LogP contribution in [0.1, 0.15) is 42.4 Å². The van der Waals surface area contributed by atoms with Crippen molar-refractivity contribution in [1.29, 1.82) is 0 Å². The van der Waals surface area contributed by atoms with Gasteiger partial charge in [-0.05, 0) is 18.2 Å². The van der Waals surface area contributed by atoms with E-state index < -0.39 is 17.6 Å². The van der Waals surface area contributed by atoms with E-state index in [1.54, 1.807) is 6.07 Å². The summed E-state index contributed by atoms with van der Waals surface area (Å²) in [5.74, 6) is -0.512. The molecule has 2 heterocycles. The number of alkyl halides is 3.